The lowest BCUT2D eigenvalue weighted by Gasteiger charge is -2.01. The first-order chi connectivity index (χ1) is 13.7. The molecular formula is C18H14N4O6. The maximum Gasteiger partial charge on any atom is 0.271 e. The van der Waals surface area contributed by atoms with E-state index >= 15 is 0 Å². The van der Waals surface area contributed by atoms with E-state index in [4.69, 9.17) is 18.9 Å². The molecule has 0 unspecified atom stereocenters. The molecule has 0 fully saturated rings. The zero-order chi connectivity index (χ0) is 19.3. The van der Waals surface area contributed by atoms with Gasteiger partial charge >= 0.3 is 0 Å². The molecule has 0 bridgehead atoms. The Labute approximate surface area is 158 Å². The standard InChI is InChI=1S/C18H14N4O6/c23-17(11-1-3-13-15(7-11)27-9-25-13)21-19-5-6-20-22-18(24)12-2-4-14-16(8-12)28-10-26-14/h1-8H,9-10H2,(H,21,23)(H,22,24). The van der Waals surface area contributed by atoms with Gasteiger partial charge in [0.05, 0.1) is 12.4 Å². The smallest absolute Gasteiger partial charge is 0.271 e. The molecule has 10 heteroatoms. The molecule has 0 radical (unpaired) electrons. The molecule has 0 saturated heterocycles. The van der Waals surface area contributed by atoms with Gasteiger partial charge in [-0.2, -0.15) is 10.2 Å². The summed E-state index contributed by atoms with van der Waals surface area (Å²) in [7, 11) is 0. The first-order valence-corrected chi connectivity index (χ1v) is 8.15. The first-order valence-electron chi connectivity index (χ1n) is 8.15. The van der Waals surface area contributed by atoms with Crippen LogP contribution in [0, 0.1) is 0 Å². The summed E-state index contributed by atoms with van der Waals surface area (Å²) in [6.07, 6.45) is 2.45. The Bertz CT molecular complexity index is 909. The largest absolute Gasteiger partial charge is 0.454 e. The van der Waals surface area contributed by atoms with E-state index in [1.807, 2.05) is 0 Å². The van der Waals surface area contributed by atoms with Crippen molar-refractivity contribution >= 4 is 24.2 Å². The summed E-state index contributed by atoms with van der Waals surface area (Å²) < 4.78 is 20.8. The predicted octanol–water partition coefficient (Wildman–Crippen LogP) is 1.28. The summed E-state index contributed by atoms with van der Waals surface area (Å²) in [5.41, 5.74) is 5.42. The Hall–Kier alpha value is -4.08. The number of nitrogens with one attached hydrogen (secondary N) is 2. The van der Waals surface area contributed by atoms with Crippen LogP contribution in [0.25, 0.3) is 0 Å². The minimum atomic E-state index is -0.424. The normalized spacial score (nSPS) is 13.9. The van der Waals surface area contributed by atoms with Crippen molar-refractivity contribution < 1.29 is 28.5 Å². The van der Waals surface area contributed by atoms with Crippen molar-refractivity contribution in [3.63, 3.8) is 0 Å². The van der Waals surface area contributed by atoms with Crippen molar-refractivity contribution in [2.75, 3.05) is 13.6 Å². The highest BCUT2D eigenvalue weighted by molar-refractivity contribution is 6.16. The van der Waals surface area contributed by atoms with Crippen LogP contribution in [0.3, 0.4) is 0 Å². The molecule has 2 aliphatic rings. The number of hydrogen-bond acceptors (Lipinski definition) is 8. The number of carbonyl (C=O) groups is 2. The highest BCUT2D eigenvalue weighted by Gasteiger charge is 2.16. The summed E-state index contributed by atoms with van der Waals surface area (Å²) in [6, 6.07) is 9.61. The van der Waals surface area contributed by atoms with Crippen LogP contribution in [-0.4, -0.2) is 37.8 Å². The summed E-state index contributed by atoms with van der Waals surface area (Å²) in [6.45, 7) is 0.264. The second-order valence-corrected chi connectivity index (χ2v) is 5.57. The minimum Gasteiger partial charge on any atom is -0.454 e. The topological polar surface area (TPSA) is 120 Å². The zero-order valence-electron chi connectivity index (χ0n) is 14.4. The molecule has 0 atom stereocenters. The number of carbonyl (C=O) groups excluding carboxylic acids is 2. The fourth-order valence-electron chi connectivity index (χ4n) is 2.46. The Morgan fingerprint density at radius 1 is 0.714 bits per heavy atom. The van der Waals surface area contributed by atoms with Gasteiger partial charge in [-0.25, -0.2) is 10.9 Å². The van der Waals surface area contributed by atoms with E-state index in [0.717, 1.165) is 0 Å². The van der Waals surface area contributed by atoms with Gasteiger partial charge in [0.2, 0.25) is 13.6 Å². The Morgan fingerprint density at radius 2 is 1.14 bits per heavy atom. The van der Waals surface area contributed by atoms with E-state index in [-0.39, 0.29) is 13.6 Å². The molecule has 142 valence electrons. The van der Waals surface area contributed by atoms with Crippen LogP contribution in [0.2, 0.25) is 0 Å². The Balaban J connectivity index is 1.26. The van der Waals surface area contributed by atoms with Crippen LogP contribution in [0.4, 0.5) is 0 Å². The van der Waals surface area contributed by atoms with E-state index in [9.17, 15) is 9.59 Å². The van der Waals surface area contributed by atoms with Crippen LogP contribution in [-0.2, 0) is 0 Å². The van der Waals surface area contributed by atoms with Crippen LogP contribution in [0.5, 0.6) is 23.0 Å². The van der Waals surface area contributed by atoms with Crippen molar-refractivity contribution in [2.45, 2.75) is 0 Å². The average molecular weight is 382 g/mol. The molecule has 2 aliphatic heterocycles. The number of hydrogen-bond donors (Lipinski definition) is 2. The molecule has 2 aromatic rings. The molecule has 2 heterocycles. The fourth-order valence-corrected chi connectivity index (χ4v) is 2.46. The van der Waals surface area contributed by atoms with Crippen molar-refractivity contribution in [1.29, 1.82) is 0 Å². The van der Waals surface area contributed by atoms with E-state index < -0.39 is 11.8 Å². The van der Waals surface area contributed by atoms with Gasteiger partial charge in [0, 0.05) is 11.1 Å². The molecular weight excluding hydrogens is 368 g/mol. The Kier molecular flexibility index (Phi) is 4.74. The third kappa shape index (κ3) is 3.70. The lowest BCUT2D eigenvalue weighted by Crippen LogP contribution is -2.19. The molecule has 0 saturated carbocycles. The summed E-state index contributed by atoms with van der Waals surface area (Å²) in [5, 5.41) is 7.45. The molecule has 4 rings (SSSR count). The molecule has 2 amide bonds. The number of fused-ring (bicyclic) bond motifs is 2. The molecule has 0 spiro atoms. The maximum atomic E-state index is 12.0. The third-order valence-corrected chi connectivity index (χ3v) is 3.82. The molecule has 28 heavy (non-hydrogen) atoms. The summed E-state index contributed by atoms with van der Waals surface area (Å²) in [5.74, 6) is 1.34. The summed E-state index contributed by atoms with van der Waals surface area (Å²) >= 11 is 0. The van der Waals surface area contributed by atoms with E-state index in [1.54, 1.807) is 36.4 Å². The number of benzene rings is 2. The predicted molar refractivity (Wildman–Crippen MR) is 97.0 cm³/mol. The highest BCUT2D eigenvalue weighted by Crippen LogP contribution is 2.33. The fraction of sp³-hybridized carbons (Fsp3) is 0.111. The first kappa shape index (κ1) is 17.3. The minimum absolute atomic E-state index is 0.132. The number of rotatable bonds is 5. The van der Waals surface area contributed by atoms with Gasteiger partial charge in [0.25, 0.3) is 11.8 Å². The molecule has 2 aromatic carbocycles. The Morgan fingerprint density at radius 3 is 1.61 bits per heavy atom. The quantitative estimate of drug-likeness (QED) is 0.594. The second kappa shape index (κ2) is 7.66. The van der Waals surface area contributed by atoms with E-state index in [2.05, 4.69) is 21.1 Å². The number of ether oxygens (including phenoxy) is 4. The van der Waals surface area contributed by atoms with Gasteiger partial charge in [-0.05, 0) is 36.4 Å². The molecule has 0 aliphatic carbocycles. The van der Waals surface area contributed by atoms with Crippen LogP contribution < -0.4 is 29.8 Å². The second-order valence-electron chi connectivity index (χ2n) is 5.57. The maximum absolute atomic E-state index is 12.0. The monoisotopic (exact) mass is 382 g/mol. The van der Waals surface area contributed by atoms with Gasteiger partial charge in [-0.1, -0.05) is 0 Å². The molecule has 10 nitrogen and oxygen atoms in total. The van der Waals surface area contributed by atoms with Gasteiger partial charge < -0.3 is 18.9 Å². The molecule has 0 aromatic heterocycles. The van der Waals surface area contributed by atoms with Gasteiger partial charge in [-0.15, -0.1) is 0 Å². The highest BCUT2D eigenvalue weighted by atomic mass is 16.7. The van der Waals surface area contributed by atoms with Crippen molar-refractivity contribution in [3.8, 4) is 23.0 Å². The SMILES string of the molecule is O=C(NN=CC=NNC(=O)c1ccc2c(c1)OCO2)c1ccc2c(c1)OCO2. The van der Waals surface area contributed by atoms with Gasteiger partial charge in [-0.3, -0.25) is 9.59 Å². The number of hydrazone groups is 2. The van der Waals surface area contributed by atoms with Crippen molar-refractivity contribution in [1.82, 2.24) is 10.9 Å². The lowest BCUT2D eigenvalue weighted by molar-refractivity contribution is 0.0946. The lowest BCUT2D eigenvalue weighted by atomic mass is 10.2. The number of amides is 2. The zero-order valence-corrected chi connectivity index (χ0v) is 14.4. The van der Waals surface area contributed by atoms with Crippen LogP contribution >= 0.6 is 0 Å². The number of nitrogens with zero attached hydrogens (tertiary/aromatic N) is 2. The van der Waals surface area contributed by atoms with Gasteiger partial charge in [0.1, 0.15) is 0 Å². The van der Waals surface area contributed by atoms with E-state index in [1.165, 1.54) is 12.4 Å². The molecule has 2 N–H and O–H groups in total. The summed E-state index contributed by atoms with van der Waals surface area (Å²) in [4.78, 5) is 24.0. The van der Waals surface area contributed by atoms with Crippen LogP contribution in [0.15, 0.2) is 46.6 Å². The average Bonchev–Trinajstić information content (AvgIpc) is 3.37. The van der Waals surface area contributed by atoms with Crippen molar-refractivity contribution in [3.05, 3.63) is 47.5 Å². The van der Waals surface area contributed by atoms with Gasteiger partial charge in [0.15, 0.2) is 23.0 Å². The van der Waals surface area contributed by atoms with E-state index in [0.29, 0.717) is 34.1 Å². The van der Waals surface area contributed by atoms with Crippen LogP contribution in [0.1, 0.15) is 20.7 Å². The van der Waals surface area contributed by atoms with Crippen molar-refractivity contribution in [2.24, 2.45) is 10.2 Å². The third-order valence-electron chi connectivity index (χ3n) is 3.82.